The Balaban J connectivity index is 2.75. The minimum Gasteiger partial charge on any atom is -0.242 e. The molecule has 0 aliphatic heterocycles. The van der Waals surface area contributed by atoms with Crippen LogP contribution in [0.25, 0.3) is 0 Å². The van der Waals surface area contributed by atoms with Gasteiger partial charge in [0.05, 0.1) is 34.3 Å². The molecule has 0 bridgehead atoms. The molecule has 1 aromatic heterocycles. The summed E-state index contributed by atoms with van der Waals surface area (Å²) in [6.45, 7) is 5.73. The molecule has 2 atom stereocenters. The van der Waals surface area contributed by atoms with Gasteiger partial charge in [-0.1, -0.05) is 0 Å². The zero-order valence-corrected chi connectivity index (χ0v) is 11.3. The largest absolute Gasteiger partial charge is 0.242 e. The molecule has 1 rings (SSSR count). The van der Waals surface area contributed by atoms with Crippen LogP contribution >= 0.6 is 11.3 Å². The summed E-state index contributed by atoms with van der Waals surface area (Å²) in [5.41, 5.74) is 1.03. The maximum atomic E-state index is 11.9. The molecule has 0 amide bonds. The van der Waals surface area contributed by atoms with Crippen LogP contribution < -0.4 is 4.72 Å². The summed E-state index contributed by atoms with van der Waals surface area (Å²) in [6.07, 6.45) is 0.332. The number of thiophene rings is 1. The summed E-state index contributed by atoms with van der Waals surface area (Å²) < 4.78 is 14.6. The molecule has 5 heteroatoms. The highest BCUT2D eigenvalue weighted by Crippen LogP contribution is 2.21. The first kappa shape index (κ1) is 13.4. The molecule has 0 aromatic carbocycles. The first-order valence-electron chi connectivity index (χ1n) is 5.02. The Morgan fingerprint density at radius 2 is 2.31 bits per heavy atom. The molecule has 16 heavy (non-hydrogen) atoms. The summed E-state index contributed by atoms with van der Waals surface area (Å²) in [5.74, 6) is 0. The van der Waals surface area contributed by atoms with Crippen molar-refractivity contribution in [3.63, 3.8) is 0 Å². The maximum absolute atomic E-state index is 11.9. The minimum absolute atomic E-state index is 0.142. The van der Waals surface area contributed by atoms with Gasteiger partial charge in [-0.15, -0.1) is 0 Å². The molecule has 1 heterocycles. The van der Waals surface area contributed by atoms with Crippen molar-refractivity contribution in [2.75, 3.05) is 0 Å². The van der Waals surface area contributed by atoms with Gasteiger partial charge in [-0.05, 0) is 43.2 Å². The predicted molar refractivity (Wildman–Crippen MR) is 68.3 cm³/mol. The molecule has 0 aliphatic rings. The summed E-state index contributed by atoms with van der Waals surface area (Å²) in [5, 5.41) is 12.7. The van der Waals surface area contributed by atoms with Gasteiger partial charge < -0.3 is 0 Å². The second-order valence-corrected chi connectivity index (χ2v) is 7.25. The van der Waals surface area contributed by atoms with Gasteiger partial charge in [0.15, 0.2) is 0 Å². The fourth-order valence-corrected chi connectivity index (χ4v) is 2.64. The minimum atomic E-state index is -1.15. The lowest BCUT2D eigenvalue weighted by Crippen LogP contribution is -2.35. The molecule has 1 aromatic rings. The van der Waals surface area contributed by atoms with Crippen LogP contribution in [0.4, 0.5) is 0 Å². The Bertz CT molecular complexity index is 387. The van der Waals surface area contributed by atoms with Crippen molar-refractivity contribution in [1.29, 1.82) is 5.26 Å². The van der Waals surface area contributed by atoms with Crippen molar-refractivity contribution >= 4 is 22.3 Å². The van der Waals surface area contributed by atoms with Gasteiger partial charge >= 0.3 is 0 Å². The highest BCUT2D eigenvalue weighted by atomic mass is 32.2. The number of rotatable bonds is 4. The van der Waals surface area contributed by atoms with E-state index in [9.17, 15) is 4.21 Å². The van der Waals surface area contributed by atoms with E-state index >= 15 is 0 Å². The highest BCUT2D eigenvalue weighted by molar-refractivity contribution is 7.84. The lowest BCUT2D eigenvalue weighted by Gasteiger charge is -2.22. The third-order valence-corrected chi connectivity index (χ3v) is 4.36. The average Bonchev–Trinajstić information content (AvgIpc) is 2.68. The van der Waals surface area contributed by atoms with E-state index in [-0.39, 0.29) is 10.8 Å². The molecule has 0 spiro atoms. The first-order valence-corrected chi connectivity index (χ1v) is 7.11. The molecule has 0 unspecified atom stereocenters. The summed E-state index contributed by atoms with van der Waals surface area (Å²) >= 11 is 1.58. The van der Waals surface area contributed by atoms with Crippen molar-refractivity contribution in [3.05, 3.63) is 22.4 Å². The number of nitrogens with one attached hydrogen (secondary N) is 1. The molecule has 0 radical (unpaired) electrons. The normalized spacial score (nSPS) is 15.4. The Hall–Kier alpha value is -0.700. The van der Waals surface area contributed by atoms with Crippen LogP contribution in [0.15, 0.2) is 16.8 Å². The van der Waals surface area contributed by atoms with Crippen molar-refractivity contribution in [2.45, 2.75) is 38.0 Å². The van der Waals surface area contributed by atoms with Crippen LogP contribution in [0.1, 0.15) is 38.8 Å². The standard InChI is InChI=1S/C11H16N2OS2/c1-11(2,3)16(14)13-10(4-6-12)9-5-7-15-8-9/h5,7-8,10,13H,4H2,1-3H3/t10-,16+/m0/s1. The smallest absolute Gasteiger partial charge is 0.0976 e. The lowest BCUT2D eigenvalue weighted by atomic mass is 10.1. The van der Waals surface area contributed by atoms with Gasteiger partial charge in [0, 0.05) is 0 Å². The van der Waals surface area contributed by atoms with Crippen LogP contribution in [-0.2, 0) is 11.0 Å². The zero-order chi connectivity index (χ0) is 12.2. The molecule has 0 fully saturated rings. The van der Waals surface area contributed by atoms with Crippen LogP contribution in [0.3, 0.4) is 0 Å². The fraction of sp³-hybridized carbons (Fsp3) is 0.545. The van der Waals surface area contributed by atoms with Gasteiger partial charge in [-0.3, -0.25) is 0 Å². The monoisotopic (exact) mass is 256 g/mol. The number of nitrogens with zero attached hydrogens (tertiary/aromatic N) is 1. The third-order valence-electron chi connectivity index (χ3n) is 2.05. The Labute approximate surface area is 103 Å². The Morgan fingerprint density at radius 1 is 1.62 bits per heavy atom. The maximum Gasteiger partial charge on any atom is 0.0976 e. The molecule has 0 saturated carbocycles. The molecule has 0 aliphatic carbocycles. The van der Waals surface area contributed by atoms with Gasteiger partial charge in [-0.2, -0.15) is 16.6 Å². The quantitative estimate of drug-likeness (QED) is 0.900. The van der Waals surface area contributed by atoms with E-state index < -0.39 is 11.0 Å². The molecule has 3 nitrogen and oxygen atoms in total. The lowest BCUT2D eigenvalue weighted by molar-refractivity contribution is 0.604. The van der Waals surface area contributed by atoms with E-state index in [4.69, 9.17) is 5.26 Å². The molecular weight excluding hydrogens is 240 g/mol. The van der Waals surface area contributed by atoms with Crippen LogP contribution in [-0.4, -0.2) is 8.96 Å². The van der Waals surface area contributed by atoms with Crippen molar-refractivity contribution in [2.24, 2.45) is 0 Å². The zero-order valence-electron chi connectivity index (χ0n) is 9.69. The SMILES string of the molecule is CC(C)(C)[S@@](=O)N[C@@H](CC#N)c1ccsc1. The third kappa shape index (κ3) is 3.71. The Kier molecular flexibility index (Phi) is 4.66. The van der Waals surface area contributed by atoms with Gasteiger partial charge in [0.25, 0.3) is 0 Å². The van der Waals surface area contributed by atoms with E-state index in [1.54, 1.807) is 11.3 Å². The number of hydrogen-bond acceptors (Lipinski definition) is 3. The van der Waals surface area contributed by atoms with Crippen molar-refractivity contribution in [1.82, 2.24) is 4.72 Å². The second-order valence-electron chi connectivity index (χ2n) is 4.47. The molecule has 88 valence electrons. The van der Waals surface area contributed by atoms with Gasteiger partial charge in [0.1, 0.15) is 0 Å². The Morgan fingerprint density at radius 3 is 2.75 bits per heavy atom. The summed E-state index contributed by atoms with van der Waals surface area (Å²) in [6, 6.07) is 3.94. The average molecular weight is 256 g/mol. The van der Waals surface area contributed by atoms with E-state index in [2.05, 4.69) is 10.8 Å². The topological polar surface area (TPSA) is 52.9 Å². The van der Waals surface area contributed by atoms with Crippen molar-refractivity contribution in [3.8, 4) is 6.07 Å². The fourth-order valence-electron chi connectivity index (χ4n) is 1.10. The van der Waals surface area contributed by atoms with Crippen LogP contribution in [0, 0.1) is 11.3 Å². The molecule has 0 saturated heterocycles. The van der Waals surface area contributed by atoms with E-state index in [1.807, 2.05) is 37.6 Å². The number of hydrogen-bond donors (Lipinski definition) is 1. The van der Waals surface area contributed by atoms with E-state index in [0.29, 0.717) is 6.42 Å². The van der Waals surface area contributed by atoms with E-state index in [1.165, 1.54) is 0 Å². The van der Waals surface area contributed by atoms with Crippen molar-refractivity contribution < 1.29 is 4.21 Å². The summed E-state index contributed by atoms with van der Waals surface area (Å²) in [4.78, 5) is 0. The predicted octanol–water partition coefficient (Wildman–Crippen LogP) is 2.75. The van der Waals surface area contributed by atoms with Gasteiger partial charge in [0.2, 0.25) is 0 Å². The van der Waals surface area contributed by atoms with Gasteiger partial charge in [-0.25, -0.2) is 8.93 Å². The highest BCUT2D eigenvalue weighted by Gasteiger charge is 2.23. The molecule has 1 N–H and O–H groups in total. The molecular formula is C11H16N2OS2. The second kappa shape index (κ2) is 5.58. The van der Waals surface area contributed by atoms with Crippen LogP contribution in [0.5, 0.6) is 0 Å². The van der Waals surface area contributed by atoms with E-state index in [0.717, 1.165) is 5.56 Å². The number of nitriles is 1. The summed E-state index contributed by atoms with van der Waals surface area (Å²) in [7, 11) is -1.15. The van der Waals surface area contributed by atoms with Crippen LogP contribution in [0.2, 0.25) is 0 Å². The first-order chi connectivity index (χ1) is 7.45.